The van der Waals surface area contributed by atoms with Gasteiger partial charge in [-0.25, -0.2) is 8.78 Å². The van der Waals surface area contributed by atoms with Gasteiger partial charge in [-0.05, 0) is 20.8 Å². The van der Waals surface area contributed by atoms with Gasteiger partial charge in [-0.3, -0.25) is 4.79 Å². The third-order valence-corrected chi connectivity index (χ3v) is 1.93. The van der Waals surface area contributed by atoms with Crippen molar-refractivity contribution in [2.24, 2.45) is 11.5 Å². The molecule has 0 bridgehead atoms. The Hall–Kier alpha value is -0.790. The normalized spacial score (nSPS) is 16.5. The van der Waals surface area contributed by atoms with Crippen LogP contribution in [0.4, 0.5) is 8.78 Å². The van der Waals surface area contributed by atoms with Crippen LogP contribution in [-0.2, 0) is 9.53 Å². The van der Waals surface area contributed by atoms with E-state index in [1.165, 1.54) is 0 Å². The Morgan fingerprint density at radius 2 is 1.88 bits per heavy atom. The van der Waals surface area contributed by atoms with Crippen molar-refractivity contribution >= 4 is 5.97 Å². The second-order valence-electron chi connectivity index (χ2n) is 4.86. The fourth-order valence-corrected chi connectivity index (χ4v) is 1.12. The monoisotopic (exact) mass is 254 g/mol. The zero-order valence-electron chi connectivity index (χ0n) is 10.2. The number of rotatable bonds is 5. The fraction of sp³-hybridized carbons (Fsp3) is 0.900. The standard InChI is InChI=1S/C10H20F2N2O3/c1-9(2,3)17-7(15)4-6(14)8(16)10(11,12)5-13/h6,8,16H,4-5,13-14H2,1-3H3. The second kappa shape index (κ2) is 5.70. The summed E-state index contributed by atoms with van der Waals surface area (Å²) in [6, 6.07) is -1.41. The number of nitrogens with two attached hydrogens (primary N) is 2. The van der Waals surface area contributed by atoms with Gasteiger partial charge in [0.15, 0.2) is 0 Å². The van der Waals surface area contributed by atoms with Crippen LogP contribution < -0.4 is 11.5 Å². The molecule has 0 saturated carbocycles. The van der Waals surface area contributed by atoms with Crippen LogP contribution in [0.25, 0.3) is 0 Å². The molecule has 0 aliphatic rings. The van der Waals surface area contributed by atoms with Gasteiger partial charge in [-0.1, -0.05) is 0 Å². The highest BCUT2D eigenvalue weighted by Crippen LogP contribution is 2.20. The van der Waals surface area contributed by atoms with Crippen LogP contribution in [0.3, 0.4) is 0 Å². The molecule has 2 unspecified atom stereocenters. The molecule has 0 spiro atoms. The summed E-state index contributed by atoms with van der Waals surface area (Å²) in [7, 11) is 0. The summed E-state index contributed by atoms with van der Waals surface area (Å²) >= 11 is 0. The predicted octanol–water partition coefficient (Wildman–Crippen LogP) is 0.000400. The van der Waals surface area contributed by atoms with Gasteiger partial charge in [0.2, 0.25) is 0 Å². The summed E-state index contributed by atoms with van der Waals surface area (Å²) < 4.78 is 30.9. The quantitative estimate of drug-likeness (QED) is 0.600. The first-order valence-electron chi connectivity index (χ1n) is 5.23. The van der Waals surface area contributed by atoms with Gasteiger partial charge in [-0.15, -0.1) is 0 Å². The minimum atomic E-state index is -3.51. The second-order valence-corrected chi connectivity index (χ2v) is 4.86. The molecule has 2 atom stereocenters. The van der Waals surface area contributed by atoms with E-state index < -0.39 is 42.6 Å². The van der Waals surface area contributed by atoms with Crippen molar-refractivity contribution in [3.05, 3.63) is 0 Å². The van der Waals surface area contributed by atoms with Crippen molar-refractivity contribution in [1.29, 1.82) is 0 Å². The van der Waals surface area contributed by atoms with Gasteiger partial charge in [0.05, 0.1) is 13.0 Å². The van der Waals surface area contributed by atoms with E-state index in [9.17, 15) is 18.7 Å². The lowest BCUT2D eigenvalue weighted by atomic mass is 10.0. The van der Waals surface area contributed by atoms with Crippen molar-refractivity contribution in [1.82, 2.24) is 0 Å². The van der Waals surface area contributed by atoms with E-state index in [0.717, 1.165) is 0 Å². The summed E-state index contributed by atoms with van der Waals surface area (Å²) in [4.78, 5) is 11.3. The van der Waals surface area contributed by atoms with E-state index in [2.05, 4.69) is 0 Å². The molecule has 7 heteroatoms. The average molecular weight is 254 g/mol. The van der Waals surface area contributed by atoms with Crippen LogP contribution >= 0.6 is 0 Å². The third-order valence-electron chi connectivity index (χ3n) is 1.93. The maximum absolute atomic E-state index is 13.0. The Morgan fingerprint density at radius 1 is 1.41 bits per heavy atom. The van der Waals surface area contributed by atoms with E-state index in [-0.39, 0.29) is 0 Å². The van der Waals surface area contributed by atoms with Gasteiger partial charge in [0.25, 0.3) is 5.92 Å². The summed E-state index contributed by atoms with van der Waals surface area (Å²) in [5.74, 6) is -4.25. The van der Waals surface area contributed by atoms with E-state index in [0.29, 0.717) is 0 Å². The minimum absolute atomic E-state index is 0.492. The maximum atomic E-state index is 13.0. The SMILES string of the molecule is CC(C)(C)OC(=O)CC(N)C(O)C(F)(F)CN. The van der Waals surface area contributed by atoms with Crippen LogP contribution in [0, 0.1) is 0 Å². The first kappa shape index (κ1) is 16.2. The van der Waals surface area contributed by atoms with E-state index in [4.69, 9.17) is 16.2 Å². The van der Waals surface area contributed by atoms with Gasteiger partial charge in [0.1, 0.15) is 11.7 Å². The molecule has 0 aliphatic heterocycles. The number of hydrogen-bond donors (Lipinski definition) is 3. The lowest BCUT2D eigenvalue weighted by molar-refractivity contribution is -0.158. The van der Waals surface area contributed by atoms with Crippen molar-refractivity contribution in [2.45, 2.75) is 50.9 Å². The molecule has 0 amide bonds. The van der Waals surface area contributed by atoms with Gasteiger partial charge in [0, 0.05) is 6.04 Å². The summed E-state index contributed by atoms with van der Waals surface area (Å²) in [5.41, 5.74) is 9.38. The van der Waals surface area contributed by atoms with Gasteiger partial charge in [-0.2, -0.15) is 0 Å². The molecule has 0 aromatic rings. The van der Waals surface area contributed by atoms with Crippen LogP contribution in [0.5, 0.6) is 0 Å². The molecular weight excluding hydrogens is 234 g/mol. The summed E-state index contributed by atoms with van der Waals surface area (Å²) in [6.45, 7) is 3.89. The summed E-state index contributed by atoms with van der Waals surface area (Å²) in [5, 5.41) is 9.23. The van der Waals surface area contributed by atoms with Crippen LogP contribution in [0.15, 0.2) is 0 Å². The number of aliphatic hydroxyl groups is 1. The number of alkyl halides is 2. The molecule has 0 aromatic heterocycles. The van der Waals surface area contributed by atoms with E-state index >= 15 is 0 Å². The molecule has 102 valence electrons. The Kier molecular flexibility index (Phi) is 5.44. The van der Waals surface area contributed by atoms with Gasteiger partial charge >= 0.3 is 5.97 Å². The number of carbonyl (C=O) groups is 1. The largest absolute Gasteiger partial charge is 0.460 e. The maximum Gasteiger partial charge on any atom is 0.307 e. The molecule has 0 rings (SSSR count). The first-order chi connectivity index (χ1) is 7.49. The molecule has 0 heterocycles. The molecule has 5 nitrogen and oxygen atoms in total. The number of aliphatic hydroxyl groups excluding tert-OH is 1. The number of carbonyl (C=O) groups excluding carboxylic acids is 1. The zero-order chi connectivity index (χ0) is 13.9. The predicted molar refractivity (Wildman–Crippen MR) is 58.4 cm³/mol. The Bertz CT molecular complexity index is 267. The van der Waals surface area contributed by atoms with Crippen molar-refractivity contribution in [2.75, 3.05) is 6.54 Å². The highest BCUT2D eigenvalue weighted by Gasteiger charge is 2.41. The van der Waals surface area contributed by atoms with Crippen LogP contribution in [0.2, 0.25) is 0 Å². The molecule has 0 aliphatic carbocycles. The molecule has 0 fully saturated rings. The molecular formula is C10H20F2N2O3. The molecule has 0 saturated heterocycles. The van der Waals surface area contributed by atoms with Crippen LogP contribution in [-0.4, -0.2) is 41.3 Å². The molecule has 0 aromatic carbocycles. The Morgan fingerprint density at radius 3 is 2.24 bits per heavy atom. The average Bonchev–Trinajstić information content (AvgIpc) is 2.13. The highest BCUT2D eigenvalue weighted by molar-refractivity contribution is 5.70. The minimum Gasteiger partial charge on any atom is -0.460 e. The highest BCUT2D eigenvalue weighted by atomic mass is 19.3. The lowest BCUT2D eigenvalue weighted by Crippen LogP contribution is -2.52. The topological polar surface area (TPSA) is 98.6 Å². The number of halogens is 2. The van der Waals surface area contributed by atoms with Crippen molar-refractivity contribution < 1.29 is 23.4 Å². The number of ether oxygens (including phenoxy) is 1. The Balaban J connectivity index is 4.36. The smallest absolute Gasteiger partial charge is 0.307 e. The number of esters is 1. The van der Waals surface area contributed by atoms with Crippen molar-refractivity contribution in [3.8, 4) is 0 Å². The molecule has 5 N–H and O–H groups in total. The van der Waals surface area contributed by atoms with Crippen molar-refractivity contribution in [3.63, 3.8) is 0 Å². The first-order valence-corrected chi connectivity index (χ1v) is 5.23. The van der Waals surface area contributed by atoms with Gasteiger partial charge < -0.3 is 21.3 Å². The van der Waals surface area contributed by atoms with E-state index in [1.807, 2.05) is 0 Å². The zero-order valence-corrected chi connectivity index (χ0v) is 10.2. The summed E-state index contributed by atoms with van der Waals surface area (Å²) in [6.07, 6.45) is -2.66. The third kappa shape index (κ3) is 5.90. The lowest BCUT2D eigenvalue weighted by Gasteiger charge is -2.27. The molecule has 0 radical (unpaired) electrons. The Labute approximate surface area is 99.1 Å². The number of hydrogen-bond acceptors (Lipinski definition) is 5. The van der Waals surface area contributed by atoms with Crippen LogP contribution in [0.1, 0.15) is 27.2 Å². The molecule has 17 heavy (non-hydrogen) atoms. The fourth-order valence-electron chi connectivity index (χ4n) is 1.12. The van der Waals surface area contributed by atoms with E-state index in [1.54, 1.807) is 20.8 Å².